The molecule has 1 nitrogen and oxygen atoms in total. The molecular weight excluding hydrogens is 185 g/mol. The van der Waals surface area contributed by atoms with Gasteiger partial charge in [-0.05, 0) is 31.2 Å². The molecule has 0 aliphatic heterocycles. The van der Waals surface area contributed by atoms with Crippen LogP contribution in [0, 0.1) is 18.3 Å². The van der Waals surface area contributed by atoms with Gasteiger partial charge in [0.1, 0.15) is 5.82 Å². The molecule has 0 aliphatic carbocycles. The predicted octanol–water partition coefficient (Wildman–Crippen LogP) is 3.06. The van der Waals surface area contributed by atoms with Crippen molar-refractivity contribution < 1.29 is 4.39 Å². The van der Waals surface area contributed by atoms with Crippen LogP contribution in [0.3, 0.4) is 0 Å². The molecule has 65 valence electrons. The van der Waals surface area contributed by atoms with Crippen LogP contribution in [0.25, 0.3) is 11.3 Å². The SMILES string of the molecule is Cc1s[c]nc1-c1ccc(F)cc1. The second kappa shape index (κ2) is 3.26. The normalized spacial score (nSPS) is 10.3. The Bertz CT molecular complexity index is 405. The molecule has 1 aromatic heterocycles. The van der Waals surface area contributed by atoms with Gasteiger partial charge in [-0.15, -0.1) is 11.3 Å². The molecule has 0 fully saturated rings. The minimum atomic E-state index is -0.222. The van der Waals surface area contributed by atoms with Gasteiger partial charge in [-0.1, -0.05) is 0 Å². The van der Waals surface area contributed by atoms with Gasteiger partial charge in [0.2, 0.25) is 0 Å². The molecule has 3 heteroatoms. The predicted molar refractivity (Wildman–Crippen MR) is 51.1 cm³/mol. The van der Waals surface area contributed by atoms with Crippen molar-refractivity contribution in [3.63, 3.8) is 0 Å². The van der Waals surface area contributed by atoms with Gasteiger partial charge in [0, 0.05) is 10.4 Å². The first-order valence-electron chi connectivity index (χ1n) is 3.87. The minimum absolute atomic E-state index is 0.222. The van der Waals surface area contributed by atoms with Crippen LogP contribution >= 0.6 is 11.3 Å². The maximum atomic E-state index is 12.6. The van der Waals surface area contributed by atoms with E-state index in [1.807, 2.05) is 6.92 Å². The molecule has 0 aliphatic rings. The minimum Gasteiger partial charge on any atom is -0.233 e. The van der Waals surface area contributed by atoms with Crippen LogP contribution in [0.15, 0.2) is 24.3 Å². The van der Waals surface area contributed by atoms with Crippen LogP contribution in [0.5, 0.6) is 0 Å². The van der Waals surface area contributed by atoms with Crippen LogP contribution in [0.4, 0.5) is 4.39 Å². The lowest BCUT2D eigenvalue weighted by atomic mass is 10.1. The summed E-state index contributed by atoms with van der Waals surface area (Å²) < 4.78 is 12.6. The van der Waals surface area contributed by atoms with E-state index in [0.29, 0.717) is 0 Å². The Morgan fingerprint density at radius 2 is 2.00 bits per heavy atom. The standard InChI is InChI=1S/C10H7FNS/c1-7-10(12-6-13-7)8-2-4-9(11)5-3-8/h2-5H,1H3. The Morgan fingerprint density at radius 3 is 2.54 bits per heavy atom. The van der Waals surface area contributed by atoms with Crippen molar-refractivity contribution in [2.75, 3.05) is 0 Å². The highest BCUT2D eigenvalue weighted by Crippen LogP contribution is 2.23. The number of halogens is 1. The third-order valence-corrected chi connectivity index (χ3v) is 2.49. The number of rotatable bonds is 1. The van der Waals surface area contributed by atoms with Gasteiger partial charge in [0.25, 0.3) is 0 Å². The van der Waals surface area contributed by atoms with E-state index in [0.717, 1.165) is 16.1 Å². The van der Waals surface area contributed by atoms with Gasteiger partial charge in [0.15, 0.2) is 5.51 Å². The lowest BCUT2D eigenvalue weighted by Crippen LogP contribution is -1.80. The van der Waals surface area contributed by atoms with Crippen molar-refractivity contribution in [1.29, 1.82) is 0 Å². The molecule has 1 radical (unpaired) electrons. The highest BCUT2D eigenvalue weighted by Gasteiger charge is 2.04. The quantitative estimate of drug-likeness (QED) is 0.676. The Labute approximate surface area is 79.9 Å². The summed E-state index contributed by atoms with van der Waals surface area (Å²) in [5, 5.41) is 0. The van der Waals surface area contributed by atoms with E-state index in [-0.39, 0.29) is 5.82 Å². The van der Waals surface area contributed by atoms with Crippen LogP contribution in [0.1, 0.15) is 4.88 Å². The van der Waals surface area contributed by atoms with Gasteiger partial charge in [-0.2, -0.15) is 0 Å². The third-order valence-electron chi connectivity index (χ3n) is 1.81. The molecule has 0 saturated carbocycles. The highest BCUT2D eigenvalue weighted by atomic mass is 32.1. The molecule has 0 amide bonds. The molecule has 2 aromatic rings. The molecular formula is C10H7FNS. The zero-order valence-corrected chi connectivity index (χ0v) is 7.86. The molecule has 0 spiro atoms. The average molecular weight is 192 g/mol. The maximum absolute atomic E-state index is 12.6. The van der Waals surface area contributed by atoms with Crippen LogP contribution in [-0.4, -0.2) is 4.98 Å². The molecule has 0 atom stereocenters. The second-order valence-corrected chi connectivity index (χ2v) is 3.72. The first-order valence-corrected chi connectivity index (χ1v) is 4.68. The lowest BCUT2D eigenvalue weighted by molar-refractivity contribution is 0.628. The van der Waals surface area contributed by atoms with E-state index >= 15 is 0 Å². The molecule has 0 N–H and O–H groups in total. The third kappa shape index (κ3) is 1.60. The molecule has 1 aromatic carbocycles. The summed E-state index contributed by atoms with van der Waals surface area (Å²) in [4.78, 5) is 5.19. The Hall–Kier alpha value is -1.22. The first kappa shape index (κ1) is 8.38. The fourth-order valence-electron chi connectivity index (χ4n) is 1.14. The summed E-state index contributed by atoms with van der Waals surface area (Å²) in [5.74, 6) is -0.222. The summed E-state index contributed by atoms with van der Waals surface area (Å²) in [7, 11) is 0. The maximum Gasteiger partial charge on any atom is 0.153 e. The van der Waals surface area contributed by atoms with Crippen LogP contribution in [-0.2, 0) is 0 Å². The molecule has 1 heterocycles. The van der Waals surface area contributed by atoms with Crippen molar-refractivity contribution in [3.8, 4) is 11.3 Å². The van der Waals surface area contributed by atoms with Gasteiger partial charge in [-0.25, -0.2) is 9.37 Å². The van der Waals surface area contributed by atoms with E-state index in [1.165, 1.54) is 23.5 Å². The number of nitrogens with zero attached hydrogens (tertiary/aromatic N) is 1. The summed E-state index contributed by atoms with van der Waals surface area (Å²) in [6, 6.07) is 6.33. The van der Waals surface area contributed by atoms with Crippen molar-refractivity contribution in [2.24, 2.45) is 0 Å². The number of aromatic nitrogens is 1. The second-order valence-electron chi connectivity index (χ2n) is 2.72. The molecule has 2 rings (SSSR count). The van der Waals surface area contributed by atoms with Gasteiger partial charge in [-0.3, -0.25) is 0 Å². The highest BCUT2D eigenvalue weighted by molar-refractivity contribution is 7.09. The van der Waals surface area contributed by atoms with E-state index in [4.69, 9.17) is 0 Å². The zero-order chi connectivity index (χ0) is 9.26. The van der Waals surface area contributed by atoms with Crippen molar-refractivity contribution >= 4 is 11.3 Å². The van der Waals surface area contributed by atoms with Crippen molar-refractivity contribution in [1.82, 2.24) is 4.98 Å². The largest absolute Gasteiger partial charge is 0.233 e. The number of hydrogen-bond donors (Lipinski definition) is 0. The summed E-state index contributed by atoms with van der Waals surface area (Å²) in [6.45, 7) is 1.98. The fourth-order valence-corrected chi connectivity index (χ4v) is 1.67. The smallest absolute Gasteiger partial charge is 0.153 e. The first-order chi connectivity index (χ1) is 6.27. The Balaban J connectivity index is 2.47. The number of thiazole rings is 1. The van der Waals surface area contributed by atoms with Crippen molar-refractivity contribution in [2.45, 2.75) is 6.92 Å². The lowest BCUT2D eigenvalue weighted by Gasteiger charge is -1.97. The van der Waals surface area contributed by atoms with Gasteiger partial charge >= 0.3 is 0 Å². The zero-order valence-electron chi connectivity index (χ0n) is 7.04. The fraction of sp³-hybridized carbons (Fsp3) is 0.100. The molecule has 13 heavy (non-hydrogen) atoms. The number of hydrogen-bond acceptors (Lipinski definition) is 2. The summed E-state index contributed by atoms with van der Waals surface area (Å²) >= 11 is 1.47. The Kier molecular flexibility index (Phi) is 2.10. The van der Waals surface area contributed by atoms with E-state index < -0.39 is 0 Å². The Morgan fingerprint density at radius 1 is 1.31 bits per heavy atom. The van der Waals surface area contributed by atoms with E-state index in [1.54, 1.807) is 12.1 Å². The number of aryl methyl sites for hydroxylation is 1. The van der Waals surface area contributed by atoms with E-state index in [2.05, 4.69) is 10.5 Å². The topological polar surface area (TPSA) is 12.9 Å². The monoisotopic (exact) mass is 192 g/mol. The van der Waals surface area contributed by atoms with E-state index in [9.17, 15) is 4.39 Å². The van der Waals surface area contributed by atoms with Crippen LogP contribution in [0.2, 0.25) is 0 Å². The van der Waals surface area contributed by atoms with Crippen molar-refractivity contribution in [3.05, 3.63) is 40.5 Å². The molecule has 0 unspecified atom stereocenters. The van der Waals surface area contributed by atoms with Gasteiger partial charge in [0.05, 0.1) is 5.69 Å². The summed E-state index contributed by atoms with van der Waals surface area (Å²) in [5.41, 5.74) is 4.64. The summed E-state index contributed by atoms with van der Waals surface area (Å²) in [6.07, 6.45) is 0. The van der Waals surface area contributed by atoms with Crippen LogP contribution < -0.4 is 0 Å². The van der Waals surface area contributed by atoms with Gasteiger partial charge < -0.3 is 0 Å². The molecule has 0 saturated heterocycles. The average Bonchev–Trinajstić information content (AvgIpc) is 2.53. The number of benzene rings is 1. The molecule has 0 bridgehead atoms.